The van der Waals surface area contributed by atoms with E-state index in [1.165, 1.54) is 0 Å². The predicted molar refractivity (Wildman–Crippen MR) is 24.6 cm³/mol. The van der Waals surface area contributed by atoms with Gasteiger partial charge in [-0.05, 0) is 0 Å². The SMILES string of the molecule is F.F.F.[AlH3].[NaH]. The molecule has 5 heteroatoms. The van der Waals surface area contributed by atoms with Gasteiger partial charge in [0.1, 0.15) is 0 Å². The van der Waals surface area contributed by atoms with E-state index in [4.69, 9.17) is 0 Å². The quantitative estimate of drug-likeness (QED) is 0.341. The summed E-state index contributed by atoms with van der Waals surface area (Å²) in [5.74, 6) is 0. The van der Waals surface area contributed by atoms with Crippen molar-refractivity contribution in [1.82, 2.24) is 0 Å². The van der Waals surface area contributed by atoms with Gasteiger partial charge >= 0.3 is 29.6 Å². The third-order valence-electron chi connectivity index (χ3n) is 0. The van der Waals surface area contributed by atoms with Gasteiger partial charge in [-0.2, -0.15) is 0 Å². The van der Waals surface area contributed by atoms with Gasteiger partial charge in [-0.25, -0.2) is 0 Å². The van der Waals surface area contributed by atoms with Crippen LogP contribution in [0.1, 0.15) is 0 Å². The number of hydrogen-bond donors (Lipinski definition) is 0. The van der Waals surface area contributed by atoms with Gasteiger partial charge in [0.2, 0.25) is 0 Å². The van der Waals surface area contributed by atoms with E-state index in [0.717, 1.165) is 0 Å². The molecule has 5 heavy (non-hydrogen) atoms. The number of hydrogen-bond acceptors (Lipinski definition) is 0. The first kappa shape index (κ1) is 102. The molecule has 0 unspecified atom stereocenters. The average molecular weight is 114 g/mol. The summed E-state index contributed by atoms with van der Waals surface area (Å²) >= 11 is 0. The molecule has 0 nitrogen and oxygen atoms in total. The van der Waals surface area contributed by atoms with E-state index in [1.807, 2.05) is 0 Å². The second kappa shape index (κ2) is 56.9. The van der Waals surface area contributed by atoms with Crippen LogP contribution in [0.2, 0.25) is 0 Å². The monoisotopic (exact) mass is 114 g/mol. The number of rotatable bonds is 0. The van der Waals surface area contributed by atoms with Crippen LogP contribution >= 0.6 is 0 Å². The van der Waals surface area contributed by atoms with Crippen molar-refractivity contribution in [2.75, 3.05) is 0 Å². The van der Waals surface area contributed by atoms with Crippen molar-refractivity contribution in [3.8, 4) is 0 Å². The van der Waals surface area contributed by atoms with Crippen LogP contribution in [-0.2, 0) is 0 Å². The molecule has 0 aromatic carbocycles. The normalized spacial score (nSPS) is 0. The minimum absolute atomic E-state index is 0. The maximum absolute atomic E-state index is 0. The summed E-state index contributed by atoms with van der Waals surface area (Å²) < 4.78 is 0. The molecular formula is H7AlF3Na. The van der Waals surface area contributed by atoms with Crippen molar-refractivity contribution in [2.45, 2.75) is 0 Å². The molecule has 0 rings (SSSR count). The fraction of sp³-hybridized carbons (Fsp3) is 0. The Hall–Kier alpha value is 1.32. The summed E-state index contributed by atoms with van der Waals surface area (Å²) in [6.07, 6.45) is 0. The van der Waals surface area contributed by atoms with Gasteiger partial charge in [-0.15, -0.1) is 0 Å². The van der Waals surface area contributed by atoms with Crippen molar-refractivity contribution in [3.05, 3.63) is 0 Å². The van der Waals surface area contributed by atoms with Crippen molar-refractivity contribution < 1.29 is 14.1 Å². The fourth-order valence-corrected chi connectivity index (χ4v) is 0. The van der Waals surface area contributed by atoms with Crippen molar-refractivity contribution in [2.24, 2.45) is 0 Å². The van der Waals surface area contributed by atoms with Crippen LogP contribution in [0.25, 0.3) is 0 Å². The molecule has 0 heterocycles. The standard InChI is InChI=1S/Al.3FH.Na.4H/h;3*1H;;;;;. The average Bonchev–Trinajstić information content (AvgIpc) is 0. The van der Waals surface area contributed by atoms with Crippen molar-refractivity contribution >= 4 is 46.9 Å². The molecular weight excluding hydrogens is 107 g/mol. The maximum atomic E-state index is 0. The summed E-state index contributed by atoms with van der Waals surface area (Å²) in [5.41, 5.74) is 0. The van der Waals surface area contributed by atoms with Gasteiger partial charge in [0.25, 0.3) is 0 Å². The molecule has 0 aromatic rings. The topological polar surface area (TPSA) is 0 Å². The molecule has 0 aliphatic carbocycles. The van der Waals surface area contributed by atoms with E-state index < -0.39 is 0 Å². The van der Waals surface area contributed by atoms with Crippen molar-refractivity contribution in [1.29, 1.82) is 0 Å². The summed E-state index contributed by atoms with van der Waals surface area (Å²) in [7, 11) is 0. The van der Waals surface area contributed by atoms with Crippen LogP contribution < -0.4 is 0 Å². The fourth-order valence-electron chi connectivity index (χ4n) is 0. The Bertz CT molecular complexity index is 6.85. The molecule has 0 saturated heterocycles. The van der Waals surface area contributed by atoms with Crippen LogP contribution in [0.5, 0.6) is 0 Å². The zero-order valence-electron chi connectivity index (χ0n) is 1.22. The molecule has 0 aliphatic rings. The summed E-state index contributed by atoms with van der Waals surface area (Å²) in [4.78, 5) is 0. The van der Waals surface area contributed by atoms with Gasteiger partial charge < -0.3 is 0 Å². The molecule has 0 spiro atoms. The molecule has 0 fully saturated rings. The van der Waals surface area contributed by atoms with E-state index in [9.17, 15) is 0 Å². The van der Waals surface area contributed by atoms with E-state index >= 15 is 0 Å². The Morgan fingerprint density at radius 3 is 0.600 bits per heavy atom. The molecule has 0 aliphatic heterocycles. The van der Waals surface area contributed by atoms with E-state index in [0.29, 0.717) is 0 Å². The van der Waals surface area contributed by atoms with Gasteiger partial charge in [0.05, 0.1) is 0 Å². The number of halogens is 3. The third-order valence-corrected chi connectivity index (χ3v) is 0. The van der Waals surface area contributed by atoms with Crippen molar-refractivity contribution in [3.63, 3.8) is 0 Å². The molecule has 0 saturated carbocycles. The predicted octanol–water partition coefficient (Wildman–Crippen LogP) is -1.37. The van der Waals surface area contributed by atoms with E-state index in [1.54, 1.807) is 0 Å². The first-order valence-electron chi connectivity index (χ1n) is 0. The van der Waals surface area contributed by atoms with E-state index in [2.05, 4.69) is 0 Å². The second-order valence-electron chi connectivity index (χ2n) is 0. The molecule has 0 atom stereocenters. The molecule has 0 bridgehead atoms. The minimum atomic E-state index is 0. The Morgan fingerprint density at radius 1 is 0.600 bits per heavy atom. The Kier molecular flexibility index (Phi) is 1160. The summed E-state index contributed by atoms with van der Waals surface area (Å²) in [5, 5.41) is 0. The third kappa shape index (κ3) is 33.6. The summed E-state index contributed by atoms with van der Waals surface area (Å²) in [6.45, 7) is 0. The first-order chi connectivity index (χ1) is 0. The zero-order valence-corrected chi connectivity index (χ0v) is 1.22. The molecule has 0 aromatic heterocycles. The molecule has 0 N–H and O–H groups in total. The van der Waals surface area contributed by atoms with Crippen LogP contribution in [0.4, 0.5) is 14.1 Å². The first-order valence-corrected chi connectivity index (χ1v) is 0. The Morgan fingerprint density at radius 2 is 0.600 bits per heavy atom. The van der Waals surface area contributed by atoms with Crippen LogP contribution in [-0.4, -0.2) is 46.9 Å². The van der Waals surface area contributed by atoms with Gasteiger partial charge in [0.15, 0.2) is 17.4 Å². The second-order valence-corrected chi connectivity index (χ2v) is 0. The van der Waals surface area contributed by atoms with Crippen LogP contribution in [0, 0.1) is 0 Å². The van der Waals surface area contributed by atoms with Gasteiger partial charge in [0, 0.05) is 0 Å². The van der Waals surface area contributed by atoms with Crippen LogP contribution in [0.15, 0.2) is 0 Å². The Labute approximate surface area is 60.8 Å². The molecule has 0 amide bonds. The summed E-state index contributed by atoms with van der Waals surface area (Å²) in [6, 6.07) is 0. The molecule has 0 radical (unpaired) electrons. The Balaban J connectivity index is 0. The van der Waals surface area contributed by atoms with Gasteiger partial charge in [-0.1, -0.05) is 0 Å². The zero-order chi connectivity index (χ0) is 0. The van der Waals surface area contributed by atoms with Gasteiger partial charge in [-0.3, -0.25) is 14.1 Å². The van der Waals surface area contributed by atoms with E-state index in [-0.39, 0.29) is 61.0 Å². The van der Waals surface area contributed by atoms with Crippen LogP contribution in [0.3, 0.4) is 0 Å². The molecule has 32 valence electrons.